The second-order valence-electron chi connectivity index (χ2n) is 16.0. The minimum atomic E-state index is 0.00953. The van der Waals surface area contributed by atoms with Gasteiger partial charge in [-0.2, -0.15) is 9.97 Å². The number of aryl methyl sites for hydroxylation is 6. The van der Waals surface area contributed by atoms with E-state index in [2.05, 4.69) is 186 Å². The third-order valence-corrected chi connectivity index (χ3v) is 11.7. The zero-order chi connectivity index (χ0) is 41.3. The minimum Gasteiger partial charge on any atom is -0.278 e. The Hall–Kier alpha value is -7.11. The second kappa shape index (κ2) is 16.3. The van der Waals surface area contributed by atoms with Gasteiger partial charge in [0.05, 0.1) is 5.69 Å². The Bertz CT molecular complexity index is 2820. The van der Waals surface area contributed by atoms with Gasteiger partial charge in [0.25, 0.3) is 0 Å². The van der Waals surface area contributed by atoms with Crippen LogP contribution in [0.15, 0.2) is 176 Å². The summed E-state index contributed by atoms with van der Waals surface area (Å²) in [6.45, 7) is 13.5. The highest BCUT2D eigenvalue weighted by molar-refractivity contribution is 6.98. The fourth-order valence-corrected chi connectivity index (χ4v) is 9.19. The Morgan fingerprint density at radius 3 is 1.28 bits per heavy atom. The van der Waals surface area contributed by atoms with Crippen LogP contribution in [0.4, 0.5) is 17.3 Å². The summed E-state index contributed by atoms with van der Waals surface area (Å²) in [4.78, 5) is 17.8. The summed E-state index contributed by atoms with van der Waals surface area (Å²) in [5.74, 6) is 1.77. The third kappa shape index (κ3) is 7.40. The van der Waals surface area contributed by atoms with Gasteiger partial charge in [0.1, 0.15) is 0 Å². The zero-order valence-electron chi connectivity index (χ0n) is 35.1. The van der Waals surface area contributed by atoms with E-state index in [1.54, 1.807) is 0 Å². The molecule has 5 heteroatoms. The topological polar surface area (TPSA) is 41.9 Å². The molecule has 9 aromatic rings. The van der Waals surface area contributed by atoms with Crippen molar-refractivity contribution in [1.82, 2.24) is 15.0 Å². The molecule has 0 saturated carbocycles. The van der Waals surface area contributed by atoms with Crippen molar-refractivity contribution in [2.75, 3.05) is 4.90 Å². The summed E-state index contributed by atoms with van der Waals surface area (Å²) < 4.78 is 0. The third-order valence-electron chi connectivity index (χ3n) is 11.7. The first-order valence-electron chi connectivity index (χ1n) is 20.7. The normalized spacial score (nSPS) is 11.2. The lowest BCUT2D eigenvalue weighted by Gasteiger charge is -2.29. The van der Waals surface area contributed by atoms with Gasteiger partial charge in [-0.1, -0.05) is 207 Å². The Labute approximate surface area is 354 Å². The van der Waals surface area contributed by atoms with Crippen LogP contribution in [0.3, 0.4) is 0 Å². The summed E-state index contributed by atoms with van der Waals surface area (Å²) in [5, 5.41) is 2.30. The van der Waals surface area contributed by atoms with Crippen LogP contribution in [0, 0.1) is 41.5 Å². The number of nitrogens with zero attached hydrogens (tertiary/aromatic N) is 4. The lowest BCUT2D eigenvalue weighted by molar-refractivity contribution is 1.02. The maximum absolute atomic E-state index is 5.29. The van der Waals surface area contributed by atoms with E-state index in [1.165, 1.54) is 55.2 Å². The molecule has 0 aliphatic carbocycles. The Kier molecular flexibility index (Phi) is 10.4. The number of hydrogen-bond donors (Lipinski definition) is 0. The van der Waals surface area contributed by atoms with Crippen molar-refractivity contribution < 1.29 is 0 Å². The van der Waals surface area contributed by atoms with Gasteiger partial charge in [-0.05, 0) is 76.3 Å². The molecule has 60 heavy (non-hydrogen) atoms. The van der Waals surface area contributed by atoms with Crippen molar-refractivity contribution in [1.29, 1.82) is 0 Å². The number of fused-ring (bicyclic) bond motifs is 1. The highest BCUT2D eigenvalue weighted by Gasteiger charge is 2.31. The van der Waals surface area contributed by atoms with E-state index < -0.39 is 0 Å². The molecule has 1 aromatic heterocycles. The molecule has 0 unspecified atom stereocenters. The summed E-state index contributed by atoms with van der Waals surface area (Å²) in [5.41, 5.74) is 17.8. The number of hydrogen-bond acceptors (Lipinski definition) is 4. The Morgan fingerprint density at radius 1 is 0.383 bits per heavy atom. The maximum Gasteiger partial charge on any atom is 0.243 e. The number of anilines is 3. The van der Waals surface area contributed by atoms with Gasteiger partial charge in [0.15, 0.2) is 11.6 Å². The Balaban J connectivity index is 1.32. The van der Waals surface area contributed by atoms with Crippen molar-refractivity contribution in [3.8, 4) is 33.9 Å². The molecule has 0 aliphatic rings. The Morgan fingerprint density at radius 2 is 0.800 bits per heavy atom. The predicted molar refractivity (Wildman–Crippen MR) is 254 cm³/mol. The van der Waals surface area contributed by atoms with Gasteiger partial charge in [0.2, 0.25) is 12.7 Å². The van der Waals surface area contributed by atoms with E-state index in [9.17, 15) is 0 Å². The van der Waals surface area contributed by atoms with Gasteiger partial charge >= 0.3 is 0 Å². The molecule has 0 amide bonds. The van der Waals surface area contributed by atoms with E-state index in [-0.39, 0.29) is 6.71 Å². The van der Waals surface area contributed by atoms with Gasteiger partial charge in [-0.3, -0.25) is 4.90 Å². The molecule has 4 nitrogen and oxygen atoms in total. The van der Waals surface area contributed by atoms with Crippen molar-refractivity contribution in [2.45, 2.75) is 41.5 Å². The summed E-state index contributed by atoms with van der Waals surface area (Å²) in [6, 6.07) is 62.4. The SMILES string of the molecule is Cc1cc(C)c(B(c2c(C)cc(C)cc2C)c2ccc(N(c3ccc(-c4ccccc4)cc3)c3nc(-c4ccccc4)nc(-c4ccccc4)n3)c3ccccc23)c(C)c1. The molecular formula is C55H47BN4. The molecule has 0 aliphatic heterocycles. The molecule has 0 N–H and O–H groups in total. The van der Waals surface area contributed by atoms with Crippen LogP contribution in [-0.4, -0.2) is 21.7 Å². The van der Waals surface area contributed by atoms with Crippen molar-refractivity contribution in [3.05, 3.63) is 209 Å². The van der Waals surface area contributed by atoms with E-state index in [4.69, 9.17) is 15.0 Å². The molecule has 8 aromatic carbocycles. The molecule has 0 fully saturated rings. The maximum atomic E-state index is 5.29. The van der Waals surface area contributed by atoms with Crippen LogP contribution in [0.25, 0.3) is 44.7 Å². The average Bonchev–Trinajstić information content (AvgIpc) is 3.26. The lowest BCUT2D eigenvalue weighted by atomic mass is 9.33. The first-order chi connectivity index (χ1) is 29.2. The zero-order valence-corrected chi connectivity index (χ0v) is 35.1. The fourth-order valence-electron chi connectivity index (χ4n) is 9.19. The van der Waals surface area contributed by atoms with Crippen LogP contribution in [0.1, 0.15) is 33.4 Å². The van der Waals surface area contributed by atoms with Crippen LogP contribution in [-0.2, 0) is 0 Å². The van der Waals surface area contributed by atoms with E-state index in [0.717, 1.165) is 39.0 Å². The van der Waals surface area contributed by atoms with Gasteiger partial charge in [-0.25, -0.2) is 4.98 Å². The van der Waals surface area contributed by atoms with Crippen molar-refractivity contribution >= 4 is 51.2 Å². The van der Waals surface area contributed by atoms with Crippen LogP contribution in [0.5, 0.6) is 0 Å². The standard InChI is InChI=1S/C55H47BN4/c1-36-32-38(3)51(39(4)33-36)56(52-40(5)34-37(2)35-41(52)6)49-30-31-50(48-25-17-16-24-47(48)49)60(46-28-26-43(27-29-46)42-18-10-7-11-19-42)55-58-53(44-20-12-8-13-21-44)57-54(59-55)45-22-14-9-15-23-45/h7-35H,1-6H3. The molecule has 0 saturated heterocycles. The molecule has 0 atom stereocenters. The molecule has 0 spiro atoms. The van der Waals surface area contributed by atoms with E-state index >= 15 is 0 Å². The second-order valence-corrected chi connectivity index (χ2v) is 16.0. The molecule has 0 bridgehead atoms. The number of benzene rings is 8. The van der Waals surface area contributed by atoms with Crippen LogP contribution in [0.2, 0.25) is 0 Å². The average molecular weight is 775 g/mol. The highest BCUT2D eigenvalue weighted by Crippen LogP contribution is 2.39. The summed E-state index contributed by atoms with van der Waals surface area (Å²) in [6.07, 6.45) is 0. The minimum absolute atomic E-state index is 0.00953. The molecule has 0 radical (unpaired) electrons. The summed E-state index contributed by atoms with van der Waals surface area (Å²) >= 11 is 0. The molecule has 290 valence electrons. The van der Waals surface area contributed by atoms with Crippen LogP contribution >= 0.6 is 0 Å². The predicted octanol–water partition coefficient (Wildman–Crippen LogP) is 11.9. The first kappa shape index (κ1) is 38.4. The fraction of sp³-hybridized carbons (Fsp3) is 0.109. The molecule has 9 rings (SSSR count). The van der Waals surface area contributed by atoms with Gasteiger partial charge in [-0.15, -0.1) is 0 Å². The van der Waals surface area contributed by atoms with Crippen molar-refractivity contribution in [2.24, 2.45) is 0 Å². The number of aromatic nitrogens is 3. The first-order valence-corrected chi connectivity index (χ1v) is 20.7. The quantitative estimate of drug-likeness (QED) is 0.137. The van der Waals surface area contributed by atoms with Crippen molar-refractivity contribution in [3.63, 3.8) is 0 Å². The highest BCUT2D eigenvalue weighted by atomic mass is 15.3. The largest absolute Gasteiger partial charge is 0.278 e. The van der Waals surface area contributed by atoms with Gasteiger partial charge in [0, 0.05) is 22.2 Å². The molecule has 1 heterocycles. The smallest absolute Gasteiger partial charge is 0.243 e. The van der Waals surface area contributed by atoms with Gasteiger partial charge < -0.3 is 0 Å². The lowest BCUT2D eigenvalue weighted by Crippen LogP contribution is -2.56. The monoisotopic (exact) mass is 774 g/mol. The van der Waals surface area contributed by atoms with E-state index in [0.29, 0.717) is 17.6 Å². The summed E-state index contributed by atoms with van der Waals surface area (Å²) in [7, 11) is 0. The number of rotatable bonds is 9. The van der Waals surface area contributed by atoms with Crippen LogP contribution < -0.4 is 21.3 Å². The van der Waals surface area contributed by atoms with E-state index in [1.807, 2.05) is 36.4 Å². The molecular weight excluding hydrogens is 727 g/mol.